The standard InChI is InChI=1S/C28H28N2O5/c1-20-28(33)30(24-14-8-9-15-25(24)35-20)17-16-27(32)34-19-26(31)29-23(22-12-6-3-7-13-22)18-21-10-4-2-5-11-21/h2-15,20,23H,16-19H2,1H3,(H,29,31). The molecule has 1 aliphatic rings. The van der Waals surface area contributed by atoms with Crippen molar-refractivity contribution in [3.63, 3.8) is 0 Å². The largest absolute Gasteiger partial charge is 0.479 e. The molecule has 7 nitrogen and oxygen atoms in total. The van der Waals surface area contributed by atoms with Gasteiger partial charge in [-0.2, -0.15) is 0 Å². The highest BCUT2D eigenvalue weighted by Crippen LogP contribution is 2.33. The van der Waals surface area contributed by atoms with Crippen LogP contribution in [0.25, 0.3) is 0 Å². The number of fused-ring (bicyclic) bond motifs is 1. The lowest BCUT2D eigenvalue weighted by Crippen LogP contribution is -2.45. The number of esters is 1. The Morgan fingerprint density at radius 1 is 0.971 bits per heavy atom. The average molecular weight is 473 g/mol. The Morgan fingerprint density at radius 3 is 2.37 bits per heavy atom. The minimum absolute atomic E-state index is 0.0355. The van der Waals surface area contributed by atoms with E-state index in [-0.39, 0.29) is 37.4 Å². The maximum absolute atomic E-state index is 12.6. The van der Waals surface area contributed by atoms with Crippen LogP contribution in [0.2, 0.25) is 0 Å². The first-order valence-electron chi connectivity index (χ1n) is 11.6. The molecular weight excluding hydrogens is 444 g/mol. The van der Waals surface area contributed by atoms with Gasteiger partial charge in [0.1, 0.15) is 5.75 Å². The fraction of sp³-hybridized carbons (Fsp3) is 0.250. The van der Waals surface area contributed by atoms with Gasteiger partial charge < -0.3 is 19.7 Å². The first-order chi connectivity index (χ1) is 17.0. The van der Waals surface area contributed by atoms with E-state index in [1.807, 2.05) is 66.7 Å². The molecule has 0 aromatic heterocycles. The normalized spacial score (nSPS) is 15.5. The van der Waals surface area contributed by atoms with Crippen molar-refractivity contribution in [3.05, 3.63) is 96.1 Å². The smallest absolute Gasteiger partial charge is 0.308 e. The zero-order chi connectivity index (χ0) is 24.6. The second-order valence-electron chi connectivity index (χ2n) is 8.35. The van der Waals surface area contributed by atoms with Crippen LogP contribution in [0.5, 0.6) is 5.75 Å². The van der Waals surface area contributed by atoms with Crippen LogP contribution >= 0.6 is 0 Å². The van der Waals surface area contributed by atoms with Crippen LogP contribution in [-0.4, -0.2) is 37.0 Å². The van der Waals surface area contributed by atoms with Gasteiger partial charge in [-0.05, 0) is 36.6 Å². The highest BCUT2D eigenvalue weighted by Gasteiger charge is 2.31. The topological polar surface area (TPSA) is 84.9 Å². The molecule has 0 saturated carbocycles. The fourth-order valence-electron chi connectivity index (χ4n) is 4.03. The summed E-state index contributed by atoms with van der Waals surface area (Å²) in [5.74, 6) is -0.563. The molecule has 0 aliphatic carbocycles. The molecule has 0 saturated heterocycles. The molecule has 4 rings (SSSR count). The molecule has 3 aromatic carbocycles. The van der Waals surface area contributed by atoms with E-state index in [1.54, 1.807) is 25.1 Å². The van der Waals surface area contributed by atoms with Gasteiger partial charge in [0.2, 0.25) is 0 Å². The first-order valence-corrected chi connectivity index (χ1v) is 11.6. The second kappa shape index (κ2) is 11.3. The van der Waals surface area contributed by atoms with Crippen molar-refractivity contribution in [2.45, 2.75) is 31.9 Å². The number of benzene rings is 3. The number of hydrogen-bond donors (Lipinski definition) is 1. The highest BCUT2D eigenvalue weighted by atomic mass is 16.5. The SMILES string of the molecule is CC1Oc2ccccc2N(CCC(=O)OCC(=O)NC(Cc2ccccc2)c2ccccc2)C1=O. The Bertz CT molecular complexity index is 1170. The van der Waals surface area contributed by atoms with E-state index in [9.17, 15) is 14.4 Å². The molecule has 7 heteroatoms. The summed E-state index contributed by atoms with van der Waals surface area (Å²) in [5.41, 5.74) is 2.67. The average Bonchev–Trinajstić information content (AvgIpc) is 2.88. The van der Waals surface area contributed by atoms with Crippen molar-refractivity contribution >= 4 is 23.5 Å². The molecular formula is C28H28N2O5. The van der Waals surface area contributed by atoms with Crippen LogP contribution in [0.1, 0.15) is 30.5 Å². The van der Waals surface area contributed by atoms with Crippen molar-refractivity contribution in [3.8, 4) is 5.75 Å². The van der Waals surface area contributed by atoms with Gasteiger partial charge in [0, 0.05) is 6.54 Å². The highest BCUT2D eigenvalue weighted by molar-refractivity contribution is 6.00. The summed E-state index contributed by atoms with van der Waals surface area (Å²) in [6.07, 6.45) is -0.0563. The zero-order valence-electron chi connectivity index (χ0n) is 19.6. The molecule has 180 valence electrons. The number of ether oxygens (including phenoxy) is 2. The summed E-state index contributed by atoms with van der Waals surface area (Å²) in [6.45, 7) is 1.43. The summed E-state index contributed by atoms with van der Waals surface area (Å²) < 4.78 is 10.8. The van der Waals surface area contributed by atoms with Crippen molar-refractivity contribution in [2.75, 3.05) is 18.1 Å². The Hall–Kier alpha value is -4.13. The molecule has 2 unspecified atom stereocenters. The predicted molar refractivity (Wildman–Crippen MR) is 132 cm³/mol. The molecule has 0 radical (unpaired) electrons. The maximum atomic E-state index is 12.6. The molecule has 2 amide bonds. The number of rotatable bonds is 9. The Morgan fingerprint density at radius 2 is 1.63 bits per heavy atom. The van der Waals surface area contributed by atoms with Crippen LogP contribution in [0.4, 0.5) is 5.69 Å². The van der Waals surface area contributed by atoms with Gasteiger partial charge in [0.15, 0.2) is 12.7 Å². The lowest BCUT2D eigenvalue weighted by Gasteiger charge is -2.32. The molecule has 1 aliphatic heterocycles. The van der Waals surface area contributed by atoms with Crippen molar-refractivity contribution in [2.24, 2.45) is 0 Å². The Labute approximate surface area is 204 Å². The Kier molecular flexibility index (Phi) is 7.77. The summed E-state index contributed by atoms with van der Waals surface area (Å²) in [7, 11) is 0. The molecule has 35 heavy (non-hydrogen) atoms. The summed E-state index contributed by atoms with van der Waals surface area (Å²) >= 11 is 0. The van der Waals surface area contributed by atoms with Crippen LogP contribution in [0.15, 0.2) is 84.9 Å². The maximum Gasteiger partial charge on any atom is 0.308 e. The van der Waals surface area contributed by atoms with E-state index in [4.69, 9.17) is 9.47 Å². The Balaban J connectivity index is 1.31. The number of carbonyl (C=O) groups excluding carboxylic acids is 3. The molecule has 2 atom stereocenters. The molecule has 3 aromatic rings. The van der Waals surface area contributed by atoms with Gasteiger partial charge >= 0.3 is 5.97 Å². The van der Waals surface area contributed by atoms with Crippen LogP contribution in [0.3, 0.4) is 0 Å². The van der Waals surface area contributed by atoms with Crippen LogP contribution < -0.4 is 15.0 Å². The summed E-state index contributed by atoms with van der Waals surface area (Å²) in [4.78, 5) is 39.1. The van der Waals surface area contributed by atoms with Gasteiger partial charge in [-0.3, -0.25) is 14.4 Å². The third-order valence-corrected chi connectivity index (χ3v) is 5.80. The minimum atomic E-state index is -0.633. The number of carbonyl (C=O) groups is 3. The first kappa shape index (κ1) is 24.0. The predicted octanol–water partition coefficient (Wildman–Crippen LogP) is 3.83. The number of anilines is 1. The summed E-state index contributed by atoms with van der Waals surface area (Å²) in [6, 6.07) is 26.5. The van der Waals surface area contributed by atoms with Crippen LogP contribution in [-0.2, 0) is 25.5 Å². The van der Waals surface area contributed by atoms with Gasteiger partial charge in [-0.25, -0.2) is 0 Å². The number of amides is 2. The molecule has 1 N–H and O–H groups in total. The van der Waals surface area contributed by atoms with E-state index in [2.05, 4.69) is 5.32 Å². The van der Waals surface area contributed by atoms with Gasteiger partial charge in [0.25, 0.3) is 11.8 Å². The van der Waals surface area contributed by atoms with E-state index >= 15 is 0 Å². The van der Waals surface area contributed by atoms with Crippen molar-refractivity contribution in [1.82, 2.24) is 5.32 Å². The van der Waals surface area contributed by atoms with Gasteiger partial charge in [-0.1, -0.05) is 72.8 Å². The second-order valence-corrected chi connectivity index (χ2v) is 8.35. The number of nitrogens with one attached hydrogen (secondary N) is 1. The number of nitrogens with zero attached hydrogens (tertiary/aromatic N) is 1. The van der Waals surface area contributed by atoms with Gasteiger partial charge in [0.05, 0.1) is 18.2 Å². The molecule has 0 bridgehead atoms. The summed E-state index contributed by atoms with van der Waals surface area (Å²) in [5, 5.41) is 2.97. The molecule has 1 heterocycles. The van der Waals surface area contributed by atoms with Crippen LogP contribution in [0, 0.1) is 0 Å². The number of hydrogen-bond acceptors (Lipinski definition) is 5. The minimum Gasteiger partial charge on any atom is -0.479 e. The number of para-hydroxylation sites is 2. The van der Waals surface area contributed by atoms with E-state index in [0.717, 1.165) is 11.1 Å². The van der Waals surface area contributed by atoms with E-state index in [1.165, 1.54) is 4.90 Å². The molecule has 0 spiro atoms. The van der Waals surface area contributed by atoms with Gasteiger partial charge in [-0.15, -0.1) is 0 Å². The third kappa shape index (κ3) is 6.26. The van der Waals surface area contributed by atoms with Crippen molar-refractivity contribution in [1.29, 1.82) is 0 Å². The fourth-order valence-corrected chi connectivity index (χ4v) is 4.03. The lowest BCUT2D eigenvalue weighted by molar-refractivity contribution is -0.148. The van der Waals surface area contributed by atoms with E-state index in [0.29, 0.717) is 17.9 Å². The lowest BCUT2D eigenvalue weighted by atomic mass is 9.99. The monoisotopic (exact) mass is 472 g/mol. The molecule has 0 fully saturated rings. The zero-order valence-corrected chi connectivity index (χ0v) is 19.6. The van der Waals surface area contributed by atoms with E-state index < -0.39 is 12.1 Å². The van der Waals surface area contributed by atoms with Crippen molar-refractivity contribution < 1.29 is 23.9 Å². The third-order valence-electron chi connectivity index (χ3n) is 5.80. The quantitative estimate of drug-likeness (QED) is 0.479.